The van der Waals surface area contributed by atoms with Crippen LogP contribution in [0.5, 0.6) is 0 Å². The Morgan fingerprint density at radius 3 is 2.60 bits per heavy atom. The zero-order chi connectivity index (χ0) is 8.20. The maximum absolute atomic E-state index is 9.96. The monoisotopic (exact) mass is 162 g/mol. The summed E-state index contributed by atoms with van der Waals surface area (Å²) in [4.78, 5) is 9.96. The summed E-state index contributed by atoms with van der Waals surface area (Å²) in [7, 11) is 0. The number of halogens is 1. The Bertz CT molecular complexity index is 172. The molecule has 0 aliphatic rings. The number of carbonyl (C=O) groups is 1. The van der Waals surface area contributed by atoms with Crippen LogP contribution in [0.4, 0.5) is 4.79 Å². The van der Waals surface area contributed by atoms with Crippen LogP contribution in [-0.4, -0.2) is 22.7 Å². The van der Waals surface area contributed by atoms with Crippen LogP contribution >= 0.6 is 11.6 Å². The molecular formula is C6H7ClO3. The van der Waals surface area contributed by atoms with Crippen molar-refractivity contribution in [3.8, 4) is 12.3 Å². The number of terminal acetylenes is 1. The van der Waals surface area contributed by atoms with E-state index in [-0.39, 0.29) is 5.88 Å². The first-order valence-corrected chi connectivity index (χ1v) is 3.03. The Balaban J connectivity index is 4.10. The van der Waals surface area contributed by atoms with Gasteiger partial charge in [-0.2, -0.15) is 0 Å². The van der Waals surface area contributed by atoms with Gasteiger partial charge in [-0.1, -0.05) is 5.92 Å². The number of rotatable bonds is 2. The van der Waals surface area contributed by atoms with E-state index in [0.717, 1.165) is 0 Å². The first-order valence-electron chi connectivity index (χ1n) is 2.50. The molecule has 0 saturated heterocycles. The lowest BCUT2D eigenvalue weighted by atomic mass is 10.1. The smallest absolute Gasteiger partial charge is 0.450 e. The fourth-order valence-electron chi connectivity index (χ4n) is 0.288. The van der Waals surface area contributed by atoms with Gasteiger partial charge in [-0.05, 0) is 6.92 Å². The van der Waals surface area contributed by atoms with Crippen molar-refractivity contribution in [1.82, 2.24) is 0 Å². The van der Waals surface area contributed by atoms with Crippen LogP contribution in [0.2, 0.25) is 0 Å². The fourth-order valence-corrected chi connectivity index (χ4v) is 0.420. The van der Waals surface area contributed by atoms with Gasteiger partial charge in [0.2, 0.25) is 0 Å². The average Bonchev–Trinajstić information content (AvgIpc) is 1.87. The van der Waals surface area contributed by atoms with Gasteiger partial charge in [0.25, 0.3) is 0 Å². The molecule has 1 N–H and O–H groups in total. The van der Waals surface area contributed by atoms with E-state index >= 15 is 0 Å². The van der Waals surface area contributed by atoms with Crippen molar-refractivity contribution < 1.29 is 14.6 Å². The molecular weight excluding hydrogens is 156 g/mol. The second kappa shape index (κ2) is 3.33. The van der Waals surface area contributed by atoms with Gasteiger partial charge < -0.3 is 9.84 Å². The summed E-state index contributed by atoms with van der Waals surface area (Å²) in [5, 5.41) is 8.13. The van der Waals surface area contributed by atoms with E-state index in [9.17, 15) is 4.79 Å². The van der Waals surface area contributed by atoms with E-state index in [1.165, 1.54) is 6.92 Å². The molecule has 0 rings (SSSR count). The minimum Gasteiger partial charge on any atom is -0.450 e. The summed E-state index contributed by atoms with van der Waals surface area (Å²) in [6, 6.07) is 0. The largest absolute Gasteiger partial charge is 0.507 e. The Labute approximate surface area is 63.9 Å². The summed E-state index contributed by atoms with van der Waals surface area (Å²) in [5.41, 5.74) is -1.20. The first kappa shape index (κ1) is 9.12. The van der Waals surface area contributed by atoms with Crippen LogP contribution in [0.15, 0.2) is 0 Å². The van der Waals surface area contributed by atoms with Gasteiger partial charge in [0.15, 0.2) is 5.60 Å². The molecule has 1 unspecified atom stereocenters. The third-order valence-corrected chi connectivity index (χ3v) is 1.38. The highest BCUT2D eigenvalue weighted by atomic mass is 35.5. The zero-order valence-electron chi connectivity index (χ0n) is 5.43. The minimum atomic E-state index is -1.42. The van der Waals surface area contributed by atoms with Crippen molar-refractivity contribution in [1.29, 1.82) is 0 Å². The van der Waals surface area contributed by atoms with E-state index in [1.807, 2.05) is 0 Å². The normalized spacial score (nSPS) is 14.9. The molecule has 0 spiro atoms. The number of alkyl halides is 1. The topological polar surface area (TPSA) is 46.5 Å². The Kier molecular flexibility index (Phi) is 3.04. The van der Waals surface area contributed by atoms with E-state index in [4.69, 9.17) is 23.1 Å². The van der Waals surface area contributed by atoms with Gasteiger partial charge in [-0.3, -0.25) is 0 Å². The molecule has 0 fully saturated rings. The molecule has 10 heavy (non-hydrogen) atoms. The number of hydrogen-bond acceptors (Lipinski definition) is 2. The molecule has 56 valence electrons. The molecule has 3 nitrogen and oxygen atoms in total. The summed E-state index contributed by atoms with van der Waals surface area (Å²) < 4.78 is 4.28. The molecule has 0 radical (unpaired) electrons. The summed E-state index contributed by atoms with van der Waals surface area (Å²) in [6.07, 6.45) is 3.53. The highest BCUT2D eigenvalue weighted by Gasteiger charge is 2.24. The summed E-state index contributed by atoms with van der Waals surface area (Å²) >= 11 is 5.32. The Hall–Kier alpha value is -0.880. The quantitative estimate of drug-likeness (QED) is 0.378. The molecule has 0 aliphatic heterocycles. The Morgan fingerprint density at radius 2 is 2.50 bits per heavy atom. The highest BCUT2D eigenvalue weighted by molar-refractivity contribution is 6.18. The third-order valence-electron chi connectivity index (χ3n) is 0.873. The molecule has 0 bridgehead atoms. The third kappa shape index (κ3) is 2.60. The van der Waals surface area contributed by atoms with Crippen molar-refractivity contribution in [2.45, 2.75) is 12.5 Å². The van der Waals surface area contributed by atoms with Gasteiger partial charge in [0, 0.05) is 0 Å². The van der Waals surface area contributed by atoms with Gasteiger partial charge in [0.1, 0.15) is 0 Å². The van der Waals surface area contributed by atoms with Gasteiger partial charge >= 0.3 is 6.16 Å². The fraction of sp³-hybridized carbons (Fsp3) is 0.500. The summed E-state index contributed by atoms with van der Waals surface area (Å²) in [5.74, 6) is 2.08. The molecule has 1 atom stereocenters. The average molecular weight is 163 g/mol. The molecule has 0 aromatic heterocycles. The second-order valence-electron chi connectivity index (χ2n) is 1.88. The molecule has 4 heteroatoms. The Morgan fingerprint density at radius 1 is 2.00 bits per heavy atom. The van der Waals surface area contributed by atoms with Crippen molar-refractivity contribution in [2.75, 3.05) is 5.88 Å². The standard InChI is InChI=1S/C6H7ClO3/c1-3-6(2,4-7)10-5(8)9/h1H,4H2,2H3,(H,8,9). The predicted molar refractivity (Wildman–Crippen MR) is 37.1 cm³/mol. The van der Waals surface area contributed by atoms with Crippen LogP contribution in [0, 0.1) is 12.3 Å². The number of ether oxygens (including phenoxy) is 1. The molecule has 0 amide bonds. The van der Waals surface area contributed by atoms with Crippen molar-refractivity contribution in [3.63, 3.8) is 0 Å². The van der Waals surface area contributed by atoms with Crippen LogP contribution in [0.3, 0.4) is 0 Å². The number of hydrogen-bond donors (Lipinski definition) is 1. The van der Waals surface area contributed by atoms with E-state index in [2.05, 4.69) is 10.7 Å². The second-order valence-corrected chi connectivity index (χ2v) is 2.14. The lowest BCUT2D eigenvalue weighted by molar-refractivity contribution is 0.0373. The van der Waals surface area contributed by atoms with Gasteiger partial charge in [0.05, 0.1) is 5.88 Å². The van der Waals surface area contributed by atoms with Gasteiger partial charge in [-0.15, -0.1) is 18.0 Å². The molecule has 0 aromatic carbocycles. The maximum atomic E-state index is 9.96. The lowest BCUT2D eigenvalue weighted by Gasteiger charge is -2.17. The van der Waals surface area contributed by atoms with E-state index < -0.39 is 11.8 Å². The van der Waals surface area contributed by atoms with Crippen molar-refractivity contribution in [3.05, 3.63) is 0 Å². The maximum Gasteiger partial charge on any atom is 0.507 e. The number of carboxylic acid groups (broad SMARTS) is 1. The van der Waals surface area contributed by atoms with Crippen molar-refractivity contribution >= 4 is 17.8 Å². The van der Waals surface area contributed by atoms with E-state index in [1.54, 1.807) is 0 Å². The zero-order valence-corrected chi connectivity index (χ0v) is 6.18. The minimum absolute atomic E-state index is 0.0458. The van der Waals surface area contributed by atoms with Crippen LogP contribution in [0.1, 0.15) is 6.92 Å². The van der Waals surface area contributed by atoms with Crippen molar-refractivity contribution in [2.24, 2.45) is 0 Å². The first-order chi connectivity index (χ1) is 4.54. The molecule has 0 aliphatic carbocycles. The van der Waals surface area contributed by atoms with Gasteiger partial charge in [-0.25, -0.2) is 4.79 Å². The molecule has 0 heterocycles. The molecule has 0 saturated carbocycles. The predicted octanol–water partition coefficient (Wildman–Crippen LogP) is 1.31. The SMILES string of the molecule is C#CC(C)(CCl)OC(=O)O. The van der Waals surface area contributed by atoms with Crippen LogP contribution in [0.25, 0.3) is 0 Å². The lowest BCUT2D eigenvalue weighted by Crippen LogP contribution is -2.31. The van der Waals surface area contributed by atoms with Crippen LogP contribution < -0.4 is 0 Å². The van der Waals surface area contributed by atoms with Crippen LogP contribution in [-0.2, 0) is 4.74 Å². The highest BCUT2D eigenvalue weighted by Crippen LogP contribution is 2.10. The summed E-state index contributed by atoms with van der Waals surface area (Å²) in [6.45, 7) is 1.42. The van der Waals surface area contributed by atoms with E-state index in [0.29, 0.717) is 0 Å². The molecule has 0 aromatic rings.